The number of phosphoric acid groups is 1. The third kappa shape index (κ3) is 13.3. The number of carbonyl (C=O) groups is 1. The summed E-state index contributed by atoms with van der Waals surface area (Å²) in [5.41, 5.74) is -2.77. The molecule has 5 aromatic rings. The second-order valence-electron chi connectivity index (χ2n) is 18.0. The van der Waals surface area contributed by atoms with Crippen LogP contribution in [-0.4, -0.2) is 111 Å². The highest BCUT2D eigenvalue weighted by atomic mass is 35.5. The molecule has 2 saturated heterocycles. The molecule has 3 atom stereocenters. The van der Waals surface area contributed by atoms with Gasteiger partial charge in [-0.3, -0.25) is 9.08 Å². The predicted molar refractivity (Wildman–Crippen MR) is 275 cm³/mol. The predicted octanol–water partition coefficient (Wildman–Crippen LogP) is 9.90. The number of hydrogen-bond acceptors (Lipinski definition) is 11. The Morgan fingerprint density at radius 3 is 2.25 bits per heavy atom. The summed E-state index contributed by atoms with van der Waals surface area (Å²) >= 11 is 4.77. The van der Waals surface area contributed by atoms with E-state index in [1.54, 1.807) is 31.2 Å². The van der Waals surface area contributed by atoms with Gasteiger partial charge < -0.3 is 39.9 Å². The molecule has 390 valence electrons. The standard InChI is InChI=1S/C48H57ClF3N6O10PS3/c1-31(2)57-32(3)44(47(59)60)46(45(57)35-9-13-36(49)14-10-35)56-26-22-53-42(28-56)34-11-15-38(16-12-34)58(71(64)65)39-17-18-41(43(27-39)72(66,67)48(50,51)52)54-37(30-70-40-7-5-4-6-8-40)21-25-55-23-19-33(20-24-55)29-68-69(61,62)63/h4-18,27,31,33,37,42,53-54H,19-26,28-30H2,1-3H3,(H,59,60)(H,64,65)(H2,61,62,63)/t37-,42+/m1/s1. The molecule has 2 fully saturated rings. The minimum Gasteiger partial charge on any atom is -0.478 e. The number of piperidine rings is 1. The molecule has 1 aromatic heterocycles. The molecule has 1 unspecified atom stereocenters. The normalized spacial score (nSPS) is 17.3. The van der Waals surface area contributed by atoms with Gasteiger partial charge in [0.2, 0.25) is 0 Å². The third-order valence-electron chi connectivity index (χ3n) is 12.8. The van der Waals surface area contributed by atoms with E-state index in [1.165, 1.54) is 30.0 Å². The Hall–Kier alpha value is -4.45. The van der Waals surface area contributed by atoms with E-state index in [0.717, 1.165) is 38.2 Å². The fourth-order valence-electron chi connectivity index (χ4n) is 9.28. The number of piperazine rings is 1. The molecule has 0 saturated carbocycles. The quantitative estimate of drug-likeness (QED) is 0.0243. The van der Waals surface area contributed by atoms with Gasteiger partial charge in [0, 0.05) is 71.2 Å². The van der Waals surface area contributed by atoms with E-state index in [-0.39, 0.29) is 47.2 Å². The lowest BCUT2D eigenvalue weighted by molar-refractivity contribution is -0.0435. The minimum absolute atomic E-state index is 0.0692. The number of nitrogens with one attached hydrogen (secondary N) is 2. The number of carboxylic acids is 1. The third-order valence-corrected chi connectivity index (χ3v) is 17.0. The second-order valence-corrected chi connectivity index (χ2v) is 23.5. The minimum atomic E-state index is -6.04. The van der Waals surface area contributed by atoms with Crippen LogP contribution in [0.2, 0.25) is 5.02 Å². The Kier molecular flexibility index (Phi) is 18.0. The fourth-order valence-corrected chi connectivity index (χ4v) is 12.3. The van der Waals surface area contributed by atoms with Gasteiger partial charge in [0.1, 0.15) is 10.5 Å². The number of phosphoric ester groups is 1. The molecule has 72 heavy (non-hydrogen) atoms. The Bertz CT molecular complexity index is 2870. The number of aromatic nitrogens is 1. The molecule has 24 heteroatoms. The number of likely N-dealkylation sites (tertiary alicyclic amines) is 1. The lowest BCUT2D eigenvalue weighted by Crippen LogP contribution is -2.46. The van der Waals surface area contributed by atoms with Crippen molar-refractivity contribution in [2.75, 3.05) is 66.2 Å². The number of hydrogen-bond donors (Lipinski definition) is 6. The first-order chi connectivity index (χ1) is 34.0. The number of nitrogens with zero attached hydrogens (tertiary/aromatic N) is 4. The molecule has 2 aliphatic rings. The van der Waals surface area contributed by atoms with E-state index in [0.29, 0.717) is 80.7 Å². The van der Waals surface area contributed by atoms with Crippen molar-refractivity contribution in [3.63, 3.8) is 0 Å². The van der Waals surface area contributed by atoms with Gasteiger partial charge in [-0.1, -0.05) is 54.1 Å². The van der Waals surface area contributed by atoms with Crippen molar-refractivity contribution < 1.29 is 59.1 Å². The largest absolute Gasteiger partial charge is 0.501 e. The number of thioether (sulfide) groups is 1. The Morgan fingerprint density at radius 2 is 1.65 bits per heavy atom. The number of alkyl halides is 3. The monoisotopic (exact) mass is 1100 g/mol. The van der Waals surface area contributed by atoms with Crippen molar-refractivity contribution in [2.24, 2.45) is 5.92 Å². The number of sulfone groups is 1. The van der Waals surface area contributed by atoms with Crippen molar-refractivity contribution in [3.05, 3.63) is 119 Å². The van der Waals surface area contributed by atoms with Crippen LogP contribution in [-0.2, 0) is 30.2 Å². The summed E-state index contributed by atoms with van der Waals surface area (Å²) in [7, 11) is -10.7. The molecular weight excluding hydrogens is 1040 g/mol. The van der Waals surface area contributed by atoms with Crippen LogP contribution in [0.5, 0.6) is 0 Å². The maximum absolute atomic E-state index is 14.5. The van der Waals surface area contributed by atoms with Crippen molar-refractivity contribution in [3.8, 4) is 11.3 Å². The smallest absolute Gasteiger partial charge is 0.478 e. The van der Waals surface area contributed by atoms with Crippen LogP contribution in [0.4, 0.5) is 35.9 Å². The molecule has 0 spiro atoms. The summed E-state index contributed by atoms with van der Waals surface area (Å²) in [6.45, 7) is 8.53. The molecule has 2 aliphatic heterocycles. The van der Waals surface area contributed by atoms with E-state index in [1.807, 2.05) is 65.8 Å². The average molecular weight is 1100 g/mol. The van der Waals surface area contributed by atoms with Gasteiger partial charge >= 0.3 is 19.3 Å². The molecule has 6 N–H and O–H groups in total. The highest BCUT2D eigenvalue weighted by Crippen LogP contribution is 2.44. The van der Waals surface area contributed by atoms with Crippen molar-refractivity contribution in [1.29, 1.82) is 0 Å². The molecule has 7 rings (SSSR count). The summed E-state index contributed by atoms with van der Waals surface area (Å²) in [5.74, 6) is -0.822. The molecule has 0 bridgehead atoms. The van der Waals surface area contributed by atoms with E-state index in [4.69, 9.17) is 25.9 Å². The lowest BCUT2D eigenvalue weighted by Gasteiger charge is -2.36. The number of carboxylic acid groups (broad SMARTS) is 1. The molecule has 0 radical (unpaired) electrons. The number of rotatable bonds is 20. The van der Waals surface area contributed by atoms with Crippen LogP contribution < -0.4 is 19.8 Å². The molecule has 0 amide bonds. The van der Waals surface area contributed by atoms with Gasteiger partial charge in [-0.25, -0.2) is 26.3 Å². The molecular formula is C48H57ClF3N6O10PS3. The molecule has 3 heterocycles. The zero-order valence-corrected chi connectivity index (χ0v) is 43.6. The fraction of sp³-hybridized carbons (Fsp3) is 0.396. The van der Waals surface area contributed by atoms with Crippen LogP contribution in [0.1, 0.15) is 66.8 Å². The highest BCUT2D eigenvalue weighted by Gasteiger charge is 2.48. The van der Waals surface area contributed by atoms with E-state index in [9.17, 15) is 44.8 Å². The number of benzene rings is 4. The zero-order valence-electron chi connectivity index (χ0n) is 39.5. The Labute approximate surface area is 428 Å². The van der Waals surface area contributed by atoms with Crippen LogP contribution >= 0.6 is 31.2 Å². The number of halogens is 4. The van der Waals surface area contributed by atoms with E-state index >= 15 is 0 Å². The first kappa shape index (κ1) is 55.3. The molecule has 4 aromatic carbocycles. The Morgan fingerprint density at radius 1 is 1.00 bits per heavy atom. The SMILES string of the molecule is Cc1c(C(=O)O)c(N2CCN[C@H](c3ccc(N(c4ccc(N[C@H](CCN5CCC(COP(=O)(O)O)CC5)CSc5ccccc5)c(S(=O)(=O)C(F)(F)F)c4)S(=O)O)cc3)C2)c(-c2ccc(Cl)cc2)n1C(C)C. The summed E-state index contributed by atoms with van der Waals surface area (Å²) in [4.78, 5) is 35.0. The molecule has 16 nitrogen and oxygen atoms in total. The number of aromatic carboxylic acids is 1. The second kappa shape index (κ2) is 23.4. The van der Waals surface area contributed by atoms with Crippen LogP contribution in [0.3, 0.4) is 0 Å². The van der Waals surface area contributed by atoms with Crippen molar-refractivity contribution in [2.45, 2.75) is 73.5 Å². The number of anilines is 4. The summed E-state index contributed by atoms with van der Waals surface area (Å²) in [6.07, 6.45) is 1.57. The zero-order chi connectivity index (χ0) is 52.1. The summed E-state index contributed by atoms with van der Waals surface area (Å²) in [5, 5.41) is 17.6. The van der Waals surface area contributed by atoms with Gasteiger partial charge in [0.15, 0.2) is 0 Å². The first-order valence-electron chi connectivity index (χ1n) is 23.1. The average Bonchev–Trinajstić information content (AvgIpc) is 3.65. The van der Waals surface area contributed by atoms with Crippen LogP contribution in [0, 0.1) is 12.8 Å². The van der Waals surface area contributed by atoms with Gasteiger partial charge in [-0.2, -0.15) is 13.2 Å². The van der Waals surface area contributed by atoms with Gasteiger partial charge in [-0.05, 0) is 119 Å². The van der Waals surface area contributed by atoms with Crippen LogP contribution in [0.15, 0.2) is 107 Å². The van der Waals surface area contributed by atoms with E-state index < -0.39 is 51.3 Å². The summed E-state index contributed by atoms with van der Waals surface area (Å²) in [6, 6.07) is 25.0. The topological polar surface area (TPSA) is 214 Å². The highest BCUT2D eigenvalue weighted by molar-refractivity contribution is 7.99. The van der Waals surface area contributed by atoms with Gasteiger partial charge in [0.05, 0.1) is 35.1 Å². The van der Waals surface area contributed by atoms with E-state index in [2.05, 4.69) is 15.5 Å². The Balaban J connectivity index is 1.15. The van der Waals surface area contributed by atoms with Crippen LogP contribution in [0.25, 0.3) is 11.3 Å². The van der Waals surface area contributed by atoms with Gasteiger partial charge in [0.25, 0.3) is 21.1 Å². The maximum atomic E-state index is 14.5. The van der Waals surface area contributed by atoms with Crippen molar-refractivity contribution >= 4 is 81.0 Å². The maximum Gasteiger partial charge on any atom is 0.501 e. The lowest BCUT2D eigenvalue weighted by atomic mass is 9.97. The van der Waals surface area contributed by atoms with Gasteiger partial charge in [-0.15, -0.1) is 11.8 Å². The first-order valence-corrected chi connectivity index (χ1v) is 28.5. The summed E-state index contributed by atoms with van der Waals surface area (Å²) < 4.78 is 113. The molecule has 0 aliphatic carbocycles. The van der Waals surface area contributed by atoms with Crippen molar-refractivity contribution in [1.82, 2.24) is 14.8 Å².